The molecule has 5 rings (SSSR count). The van der Waals surface area contributed by atoms with E-state index >= 15 is 0 Å². The molecule has 0 atom stereocenters. The molecule has 3 heterocycles. The molecule has 0 aliphatic heterocycles. The zero-order chi connectivity index (χ0) is 31.4. The maximum absolute atomic E-state index is 13.3. The average Bonchev–Trinajstić information content (AvgIpc) is 3.69. The van der Waals surface area contributed by atoms with Crippen molar-refractivity contribution in [3.63, 3.8) is 0 Å². The lowest BCUT2D eigenvalue weighted by Gasteiger charge is -2.12. The molecule has 0 unspecified atom stereocenters. The van der Waals surface area contributed by atoms with Gasteiger partial charge in [-0.1, -0.05) is 0 Å². The number of carbonyl (C=O) groups is 3. The Hall–Kier alpha value is -5.24. The number of nitrogens with one attached hydrogen (secondary N) is 3. The molecule has 0 bridgehead atoms. The van der Waals surface area contributed by atoms with E-state index in [1.54, 1.807) is 41.1 Å². The summed E-state index contributed by atoms with van der Waals surface area (Å²) >= 11 is 0. The van der Waals surface area contributed by atoms with Crippen LogP contribution in [0.2, 0.25) is 0 Å². The lowest BCUT2D eigenvalue weighted by atomic mass is 10.2. The number of aromatic nitrogens is 6. The summed E-state index contributed by atoms with van der Waals surface area (Å²) in [6.07, 6.45) is 1.54. The lowest BCUT2D eigenvalue weighted by Crippen LogP contribution is -2.28. The molecule has 2 aromatic carbocycles. The Morgan fingerprint density at radius 3 is 2.09 bits per heavy atom. The maximum atomic E-state index is 13.3. The first-order chi connectivity index (χ1) is 21.2. The number of rotatable bonds is 13. The number of aryl methyl sites for hydroxylation is 4. The van der Waals surface area contributed by atoms with Crippen LogP contribution in [-0.2, 0) is 19.6 Å². The minimum absolute atomic E-state index is 0.189. The van der Waals surface area contributed by atoms with E-state index in [4.69, 9.17) is 11.5 Å². The first kappa shape index (κ1) is 30.2. The molecule has 0 radical (unpaired) electrons. The van der Waals surface area contributed by atoms with Crippen LogP contribution in [0, 0.1) is 6.92 Å². The molecule has 0 saturated carbocycles. The van der Waals surface area contributed by atoms with Gasteiger partial charge in [0.2, 0.25) is 17.8 Å². The van der Waals surface area contributed by atoms with Crippen LogP contribution >= 0.6 is 0 Å². The van der Waals surface area contributed by atoms with E-state index in [0.717, 1.165) is 29.6 Å². The van der Waals surface area contributed by atoms with Gasteiger partial charge in [-0.15, -0.1) is 0 Å². The molecule has 0 fully saturated rings. The van der Waals surface area contributed by atoms with E-state index in [-0.39, 0.29) is 11.8 Å². The number of unbranched alkanes of at least 4 members (excludes halogenated alkanes) is 1. The number of primary amides is 1. The predicted molar refractivity (Wildman–Crippen MR) is 169 cm³/mol. The Labute approximate surface area is 253 Å². The Kier molecular flexibility index (Phi) is 8.90. The van der Waals surface area contributed by atoms with Gasteiger partial charge in [0.15, 0.2) is 0 Å². The molecule has 3 aromatic heterocycles. The van der Waals surface area contributed by atoms with Gasteiger partial charge in [-0.05, 0) is 69.2 Å². The van der Waals surface area contributed by atoms with Crippen LogP contribution in [0.4, 0.5) is 11.9 Å². The van der Waals surface area contributed by atoms with E-state index in [2.05, 4.69) is 35.6 Å². The quantitative estimate of drug-likeness (QED) is 0.127. The first-order valence-corrected chi connectivity index (χ1v) is 14.6. The standard InChI is InChI=1S/C30H37N11O3/c1-4-41-25(15-18(2)38-41)28(44)37-30-36-21-16-19(26(32)42)7-9-24(21)40(30)14-6-5-13-39-23-10-8-20(27(43)34-12-11-31)17-22(23)35-29(39)33-3/h7-10,15-17H,4-6,11-14,31H2,1-3H3,(H2,32,42)(H,33,35)(H,34,43)(H,36,37,44). The van der Waals surface area contributed by atoms with Crippen LogP contribution in [0.15, 0.2) is 42.5 Å². The molecule has 230 valence electrons. The van der Waals surface area contributed by atoms with Crippen molar-refractivity contribution in [2.45, 2.75) is 46.3 Å². The summed E-state index contributed by atoms with van der Waals surface area (Å²) in [4.78, 5) is 46.8. The Bertz CT molecular complexity index is 1850. The van der Waals surface area contributed by atoms with Crippen molar-refractivity contribution < 1.29 is 14.4 Å². The maximum Gasteiger partial charge on any atom is 0.276 e. The van der Waals surface area contributed by atoms with Crippen LogP contribution in [0.25, 0.3) is 22.1 Å². The van der Waals surface area contributed by atoms with Crippen molar-refractivity contribution in [3.8, 4) is 0 Å². The minimum Gasteiger partial charge on any atom is -0.366 e. The number of carbonyl (C=O) groups excluding carboxylic acids is 3. The number of nitrogens with zero attached hydrogens (tertiary/aromatic N) is 6. The van der Waals surface area contributed by atoms with Gasteiger partial charge in [-0.3, -0.25) is 24.4 Å². The molecule has 44 heavy (non-hydrogen) atoms. The number of fused-ring (bicyclic) bond motifs is 2. The topological polar surface area (TPSA) is 193 Å². The molecular formula is C30H37N11O3. The largest absolute Gasteiger partial charge is 0.366 e. The number of nitrogens with two attached hydrogens (primary N) is 2. The second kappa shape index (κ2) is 13.0. The fourth-order valence-corrected chi connectivity index (χ4v) is 5.26. The van der Waals surface area contributed by atoms with Crippen molar-refractivity contribution in [2.75, 3.05) is 30.8 Å². The molecule has 0 saturated heterocycles. The van der Waals surface area contributed by atoms with Gasteiger partial charge < -0.3 is 31.2 Å². The molecule has 14 nitrogen and oxygen atoms in total. The summed E-state index contributed by atoms with van der Waals surface area (Å²) in [6.45, 7) is 6.31. The third kappa shape index (κ3) is 6.10. The number of anilines is 2. The SMILES string of the molecule is CCn1nc(C)cc1C(=O)Nc1nc2cc(C(N)=O)ccc2n1CCCCn1c(NC)nc2cc(C(=O)NCCN)ccc21. The highest BCUT2D eigenvalue weighted by Crippen LogP contribution is 2.25. The van der Waals surface area contributed by atoms with Crippen LogP contribution in [-0.4, -0.2) is 66.7 Å². The van der Waals surface area contributed by atoms with Crippen LogP contribution in [0.5, 0.6) is 0 Å². The summed E-state index contributed by atoms with van der Waals surface area (Å²) in [7, 11) is 1.81. The van der Waals surface area contributed by atoms with Crippen molar-refractivity contribution in [2.24, 2.45) is 11.5 Å². The average molecular weight is 600 g/mol. The van der Waals surface area contributed by atoms with Crippen molar-refractivity contribution in [1.82, 2.24) is 34.2 Å². The highest BCUT2D eigenvalue weighted by molar-refractivity contribution is 6.03. The zero-order valence-electron chi connectivity index (χ0n) is 25.1. The third-order valence-electron chi connectivity index (χ3n) is 7.37. The predicted octanol–water partition coefficient (Wildman–Crippen LogP) is 2.47. The molecule has 0 aliphatic rings. The van der Waals surface area contributed by atoms with Gasteiger partial charge >= 0.3 is 0 Å². The lowest BCUT2D eigenvalue weighted by molar-refractivity contribution is 0.0952. The number of hydrogen-bond acceptors (Lipinski definition) is 8. The molecule has 0 aliphatic carbocycles. The first-order valence-electron chi connectivity index (χ1n) is 14.6. The monoisotopic (exact) mass is 599 g/mol. The second-order valence-corrected chi connectivity index (χ2v) is 10.4. The van der Waals surface area contributed by atoms with Crippen molar-refractivity contribution in [1.29, 1.82) is 0 Å². The van der Waals surface area contributed by atoms with E-state index in [9.17, 15) is 14.4 Å². The fourth-order valence-electron chi connectivity index (χ4n) is 5.26. The highest BCUT2D eigenvalue weighted by Gasteiger charge is 2.19. The minimum atomic E-state index is -0.550. The fraction of sp³-hybridized carbons (Fsp3) is 0.333. The molecule has 14 heteroatoms. The Balaban J connectivity index is 1.36. The van der Waals surface area contributed by atoms with E-state index in [0.29, 0.717) is 72.5 Å². The summed E-state index contributed by atoms with van der Waals surface area (Å²) in [6, 6.07) is 12.3. The highest BCUT2D eigenvalue weighted by atomic mass is 16.2. The van der Waals surface area contributed by atoms with E-state index in [1.807, 2.05) is 31.5 Å². The van der Waals surface area contributed by atoms with E-state index < -0.39 is 5.91 Å². The number of imidazole rings is 2. The molecule has 5 aromatic rings. The number of amides is 3. The third-order valence-corrected chi connectivity index (χ3v) is 7.37. The summed E-state index contributed by atoms with van der Waals surface area (Å²) in [5, 5.41) is 13.3. The molecule has 0 spiro atoms. The van der Waals surface area contributed by atoms with E-state index in [1.165, 1.54) is 0 Å². The van der Waals surface area contributed by atoms with Gasteiger partial charge in [0.05, 0.1) is 27.8 Å². The Morgan fingerprint density at radius 2 is 1.48 bits per heavy atom. The smallest absolute Gasteiger partial charge is 0.276 e. The number of benzene rings is 2. The molecule has 7 N–H and O–H groups in total. The van der Waals surface area contributed by atoms with Crippen LogP contribution in [0.3, 0.4) is 0 Å². The van der Waals surface area contributed by atoms with Crippen LogP contribution < -0.4 is 27.4 Å². The van der Waals surface area contributed by atoms with Crippen molar-refractivity contribution in [3.05, 3.63) is 65.0 Å². The summed E-state index contributed by atoms with van der Waals surface area (Å²) in [5.74, 6) is 0.00911. The van der Waals surface area contributed by atoms with Gasteiger partial charge in [-0.25, -0.2) is 9.97 Å². The second-order valence-electron chi connectivity index (χ2n) is 10.4. The normalized spacial score (nSPS) is 11.3. The Morgan fingerprint density at radius 1 is 0.864 bits per heavy atom. The van der Waals surface area contributed by atoms with Gasteiger partial charge in [0.25, 0.3) is 11.8 Å². The van der Waals surface area contributed by atoms with Gasteiger partial charge in [0, 0.05) is 50.9 Å². The summed E-state index contributed by atoms with van der Waals surface area (Å²) in [5.41, 5.74) is 16.0. The van der Waals surface area contributed by atoms with Gasteiger partial charge in [0.1, 0.15) is 5.69 Å². The molecular weight excluding hydrogens is 562 g/mol. The van der Waals surface area contributed by atoms with Crippen molar-refractivity contribution >= 4 is 51.7 Å². The summed E-state index contributed by atoms with van der Waals surface area (Å²) < 4.78 is 5.67. The molecule has 3 amide bonds. The van der Waals surface area contributed by atoms with Gasteiger partial charge in [-0.2, -0.15) is 5.10 Å². The number of hydrogen-bond donors (Lipinski definition) is 5. The van der Waals surface area contributed by atoms with Crippen LogP contribution in [0.1, 0.15) is 56.7 Å². The zero-order valence-corrected chi connectivity index (χ0v) is 25.1.